The van der Waals surface area contributed by atoms with Crippen molar-refractivity contribution in [1.29, 1.82) is 0 Å². The summed E-state index contributed by atoms with van der Waals surface area (Å²) in [5.41, 5.74) is -1.03. The van der Waals surface area contributed by atoms with Gasteiger partial charge in [0.25, 0.3) is 0 Å². The van der Waals surface area contributed by atoms with E-state index >= 15 is 0 Å². The van der Waals surface area contributed by atoms with Crippen LogP contribution in [0.4, 0.5) is 0 Å². The molecule has 0 aliphatic carbocycles. The molecule has 2 rings (SSSR count). The Morgan fingerprint density at radius 1 is 1.37 bits per heavy atom. The normalized spacial score (nSPS) is 35.3. The predicted molar refractivity (Wildman–Crippen MR) is 63.4 cm³/mol. The van der Waals surface area contributed by atoms with Crippen molar-refractivity contribution in [3.63, 3.8) is 0 Å². The molecule has 1 fully saturated rings. The number of aliphatic hydroxyl groups excluding tert-OH is 3. The van der Waals surface area contributed by atoms with Gasteiger partial charge in [-0.1, -0.05) is 11.8 Å². The fourth-order valence-electron chi connectivity index (χ4n) is 1.72. The molecule has 1 aliphatic heterocycles. The summed E-state index contributed by atoms with van der Waals surface area (Å²) >= 11 is 0.978. The van der Waals surface area contributed by atoms with Gasteiger partial charge in [-0.05, 0) is 0 Å². The summed E-state index contributed by atoms with van der Waals surface area (Å²) < 4.78 is 6.78. The van der Waals surface area contributed by atoms with E-state index in [0.717, 1.165) is 11.8 Å². The number of hydrogen-bond donors (Lipinski definition) is 4. The Morgan fingerprint density at radius 3 is 2.58 bits per heavy atom. The third-order valence-corrected chi connectivity index (χ3v) is 4.04. The third-order valence-electron chi connectivity index (χ3n) is 2.81. The molecule has 19 heavy (non-hydrogen) atoms. The number of aryl methyl sites for hydroxylation is 1. The number of thioether (sulfide) groups is 1. The summed E-state index contributed by atoms with van der Waals surface area (Å²) in [6, 6.07) is 0. The maximum Gasteiger partial charge on any atom is 0.335 e. The summed E-state index contributed by atoms with van der Waals surface area (Å²) in [4.78, 5) is 14.9. The molecule has 2 heterocycles. The molecule has 0 saturated carbocycles. The second-order valence-corrected chi connectivity index (χ2v) is 5.24. The number of aromatic nitrogens is 2. The molecule has 5 atom stereocenters. The van der Waals surface area contributed by atoms with Crippen molar-refractivity contribution in [2.24, 2.45) is 7.05 Å². The highest BCUT2D eigenvalue weighted by Crippen LogP contribution is 2.32. The molecule has 106 valence electrons. The Kier molecular flexibility index (Phi) is 4.11. The minimum atomic E-state index is -1.68. The van der Waals surface area contributed by atoms with Gasteiger partial charge in [-0.25, -0.2) is 9.78 Å². The van der Waals surface area contributed by atoms with Crippen LogP contribution in [-0.4, -0.2) is 65.8 Å². The van der Waals surface area contributed by atoms with Gasteiger partial charge in [0, 0.05) is 19.4 Å². The molecule has 0 amide bonds. The Balaban J connectivity index is 2.15. The van der Waals surface area contributed by atoms with Crippen molar-refractivity contribution in [1.82, 2.24) is 9.55 Å². The van der Waals surface area contributed by atoms with Gasteiger partial charge in [-0.15, -0.1) is 0 Å². The van der Waals surface area contributed by atoms with E-state index in [0.29, 0.717) is 5.16 Å². The molecule has 8 nitrogen and oxygen atoms in total. The summed E-state index contributed by atoms with van der Waals surface area (Å²) in [7, 11) is 1.73. The molecule has 1 aromatic rings. The van der Waals surface area contributed by atoms with E-state index in [1.54, 1.807) is 17.8 Å². The fraction of sp³-hybridized carbons (Fsp3) is 0.600. The van der Waals surface area contributed by atoms with E-state index < -0.39 is 35.8 Å². The topological polar surface area (TPSA) is 125 Å². The van der Waals surface area contributed by atoms with Crippen LogP contribution < -0.4 is 0 Å². The second-order valence-electron chi connectivity index (χ2n) is 4.17. The van der Waals surface area contributed by atoms with Gasteiger partial charge in [0.05, 0.1) is 0 Å². The summed E-state index contributed by atoms with van der Waals surface area (Å²) in [6.45, 7) is 0. The van der Waals surface area contributed by atoms with Crippen LogP contribution >= 0.6 is 11.8 Å². The van der Waals surface area contributed by atoms with Crippen LogP contribution in [0.25, 0.3) is 0 Å². The molecule has 1 aliphatic rings. The van der Waals surface area contributed by atoms with Crippen molar-refractivity contribution in [2.45, 2.75) is 35.0 Å². The average molecular weight is 290 g/mol. The number of carboxylic acid groups (broad SMARTS) is 1. The van der Waals surface area contributed by atoms with Crippen LogP contribution in [0.5, 0.6) is 0 Å². The van der Waals surface area contributed by atoms with Crippen LogP contribution in [0.2, 0.25) is 0 Å². The number of hydrogen-bond acceptors (Lipinski definition) is 7. The van der Waals surface area contributed by atoms with Gasteiger partial charge in [0.1, 0.15) is 23.7 Å². The summed E-state index contributed by atoms with van der Waals surface area (Å²) in [5, 5.41) is 38.4. The quantitative estimate of drug-likeness (QED) is 0.525. The summed E-state index contributed by atoms with van der Waals surface area (Å²) in [6.07, 6.45) is -3.04. The van der Waals surface area contributed by atoms with E-state index in [4.69, 9.17) is 9.84 Å². The number of rotatable bonds is 3. The number of carbonyl (C=O) groups is 1. The van der Waals surface area contributed by atoms with Gasteiger partial charge in [-0.2, -0.15) is 0 Å². The SMILES string of the molecule is Cn1ccnc1S[C@H]1OC(C(=O)O)C(O)[C@@H](O)[C@H]1O. The monoisotopic (exact) mass is 290 g/mol. The van der Waals surface area contributed by atoms with Crippen LogP contribution in [0.1, 0.15) is 0 Å². The number of imidazole rings is 1. The lowest BCUT2D eigenvalue weighted by Crippen LogP contribution is -2.58. The molecule has 0 spiro atoms. The number of aliphatic carboxylic acids is 1. The molecule has 0 radical (unpaired) electrons. The van der Waals surface area contributed by atoms with Crippen LogP contribution in [0.15, 0.2) is 17.6 Å². The lowest BCUT2D eigenvalue weighted by molar-refractivity contribution is -0.209. The molecule has 9 heteroatoms. The fourth-order valence-corrected chi connectivity index (χ4v) is 2.75. The number of aliphatic hydroxyl groups is 3. The minimum absolute atomic E-state index is 0.497. The Labute approximate surface area is 112 Å². The van der Waals surface area contributed by atoms with Gasteiger partial charge in [0.2, 0.25) is 0 Å². The predicted octanol–water partition coefficient (Wildman–Crippen LogP) is -1.60. The third kappa shape index (κ3) is 2.74. The highest BCUT2D eigenvalue weighted by atomic mass is 32.2. The van der Waals surface area contributed by atoms with E-state index in [1.807, 2.05) is 0 Å². The van der Waals surface area contributed by atoms with Gasteiger partial charge >= 0.3 is 5.97 Å². The lowest BCUT2D eigenvalue weighted by atomic mass is 10.0. The smallest absolute Gasteiger partial charge is 0.335 e. The highest BCUT2D eigenvalue weighted by Gasteiger charge is 2.47. The van der Waals surface area contributed by atoms with E-state index in [2.05, 4.69) is 4.98 Å². The first-order chi connectivity index (χ1) is 8.91. The van der Waals surface area contributed by atoms with E-state index in [-0.39, 0.29) is 0 Å². The van der Waals surface area contributed by atoms with E-state index in [9.17, 15) is 20.1 Å². The molecule has 4 N–H and O–H groups in total. The Bertz CT molecular complexity index is 467. The zero-order valence-corrected chi connectivity index (χ0v) is 10.8. The zero-order chi connectivity index (χ0) is 14.2. The lowest BCUT2D eigenvalue weighted by Gasteiger charge is -2.38. The number of ether oxygens (including phenoxy) is 1. The largest absolute Gasteiger partial charge is 0.479 e. The highest BCUT2D eigenvalue weighted by molar-refractivity contribution is 7.99. The van der Waals surface area contributed by atoms with Crippen molar-refractivity contribution in [3.05, 3.63) is 12.4 Å². The van der Waals surface area contributed by atoms with Crippen molar-refractivity contribution >= 4 is 17.7 Å². The maximum absolute atomic E-state index is 10.9. The molecule has 1 aromatic heterocycles. The van der Waals surface area contributed by atoms with E-state index in [1.165, 1.54) is 6.20 Å². The maximum atomic E-state index is 10.9. The standard InChI is InChI=1S/C10H14N2O6S/c1-12-3-2-11-10(12)19-9-6(15)4(13)5(14)7(18-9)8(16)17/h2-7,9,13-15H,1H3,(H,16,17)/t4-,5?,6-,7?,9-/m1/s1. The first-order valence-corrected chi connectivity index (χ1v) is 6.36. The van der Waals surface area contributed by atoms with Gasteiger partial charge in [0.15, 0.2) is 11.3 Å². The molecule has 2 unspecified atom stereocenters. The zero-order valence-electron chi connectivity index (χ0n) is 9.95. The summed E-state index contributed by atoms with van der Waals surface area (Å²) in [5.74, 6) is -1.40. The molecule has 0 bridgehead atoms. The molecular formula is C10H14N2O6S. The Hall–Kier alpha value is -1.13. The molecular weight excluding hydrogens is 276 g/mol. The van der Waals surface area contributed by atoms with Crippen LogP contribution in [0.3, 0.4) is 0 Å². The first-order valence-electron chi connectivity index (χ1n) is 5.48. The minimum Gasteiger partial charge on any atom is -0.479 e. The van der Waals surface area contributed by atoms with Crippen LogP contribution in [-0.2, 0) is 16.6 Å². The average Bonchev–Trinajstić information content (AvgIpc) is 2.75. The molecule has 0 aromatic carbocycles. The molecule has 1 saturated heterocycles. The number of nitrogens with zero attached hydrogens (tertiary/aromatic N) is 2. The first kappa shape index (κ1) is 14.3. The second kappa shape index (κ2) is 5.47. The number of carboxylic acids is 1. The van der Waals surface area contributed by atoms with Crippen LogP contribution in [0, 0.1) is 0 Å². The van der Waals surface area contributed by atoms with Crippen molar-refractivity contribution in [3.8, 4) is 0 Å². The Morgan fingerprint density at radius 2 is 2.05 bits per heavy atom. The van der Waals surface area contributed by atoms with Crippen molar-refractivity contribution in [2.75, 3.05) is 0 Å². The van der Waals surface area contributed by atoms with Gasteiger partial charge < -0.3 is 29.7 Å². The van der Waals surface area contributed by atoms with Crippen molar-refractivity contribution < 1.29 is 30.0 Å². The van der Waals surface area contributed by atoms with Gasteiger partial charge in [-0.3, -0.25) is 0 Å².